The molecule has 0 aliphatic carbocycles. The Morgan fingerprint density at radius 1 is 0.957 bits per heavy atom. The molecule has 0 atom stereocenters. The van der Waals surface area contributed by atoms with Crippen LogP contribution in [-0.2, 0) is 0 Å². The molecular formula is C17H17F2NO3. The van der Waals surface area contributed by atoms with Crippen molar-refractivity contribution in [1.29, 1.82) is 0 Å². The number of nitrogens with two attached hydrogens (primary N) is 1. The van der Waals surface area contributed by atoms with E-state index in [2.05, 4.69) is 0 Å². The van der Waals surface area contributed by atoms with Crippen LogP contribution in [-0.4, -0.2) is 19.1 Å². The van der Waals surface area contributed by atoms with Crippen LogP contribution in [0.25, 0.3) is 0 Å². The number of hydrogen-bond acceptors (Lipinski definition) is 3. The molecule has 122 valence electrons. The largest absolute Gasteiger partial charge is 0.494 e. The average Bonchev–Trinajstić information content (AvgIpc) is 2.53. The second-order valence-corrected chi connectivity index (χ2v) is 4.82. The third-order valence-electron chi connectivity index (χ3n) is 3.11. The van der Waals surface area contributed by atoms with E-state index in [-0.39, 0.29) is 12.4 Å². The van der Waals surface area contributed by atoms with Gasteiger partial charge in [-0.05, 0) is 37.1 Å². The first-order valence-electron chi connectivity index (χ1n) is 7.18. The molecule has 4 nitrogen and oxygen atoms in total. The molecule has 0 saturated heterocycles. The van der Waals surface area contributed by atoms with Crippen LogP contribution >= 0.6 is 0 Å². The van der Waals surface area contributed by atoms with Crippen LogP contribution in [0, 0.1) is 11.6 Å². The summed E-state index contributed by atoms with van der Waals surface area (Å²) in [7, 11) is 0. The number of carbonyl (C=O) groups is 1. The van der Waals surface area contributed by atoms with Crippen LogP contribution in [0.2, 0.25) is 0 Å². The summed E-state index contributed by atoms with van der Waals surface area (Å²) in [5.74, 6) is -2.65. The zero-order chi connectivity index (χ0) is 16.7. The fraction of sp³-hybridized carbons (Fsp3) is 0.235. The van der Waals surface area contributed by atoms with Crippen molar-refractivity contribution in [3.05, 3.63) is 59.7 Å². The van der Waals surface area contributed by atoms with Crippen molar-refractivity contribution < 1.29 is 23.0 Å². The molecule has 2 N–H and O–H groups in total. The summed E-state index contributed by atoms with van der Waals surface area (Å²) in [6.45, 7) is 0.727. The Bertz CT molecular complexity index is 662. The minimum absolute atomic E-state index is 0.191. The molecule has 0 aliphatic rings. The van der Waals surface area contributed by atoms with E-state index in [0.717, 1.165) is 17.9 Å². The normalized spacial score (nSPS) is 10.3. The fourth-order valence-electron chi connectivity index (χ4n) is 1.96. The molecule has 6 heteroatoms. The number of carbonyl (C=O) groups excluding carboxylic acids is 1. The molecule has 0 bridgehead atoms. The second-order valence-electron chi connectivity index (χ2n) is 4.82. The summed E-state index contributed by atoms with van der Waals surface area (Å²) in [5.41, 5.74) is 4.16. The lowest BCUT2D eigenvalue weighted by Crippen LogP contribution is -2.16. The lowest BCUT2D eigenvalue weighted by atomic mass is 10.1. The van der Waals surface area contributed by atoms with Crippen LogP contribution in [0.1, 0.15) is 23.2 Å². The summed E-state index contributed by atoms with van der Waals surface area (Å²) < 4.78 is 37.9. The van der Waals surface area contributed by atoms with Gasteiger partial charge in [0.05, 0.1) is 13.2 Å². The van der Waals surface area contributed by atoms with E-state index in [4.69, 9.17) is 15.2 Å². The van der Waals surface area contributed by atoms with Crippen molar-refractivity contribution in [2.75, 3.05) is 13.2 Å². The fourth-order valence-corrected chi connectivity index (χ4v) is 1.96. The van der Waals surface area contributed by atoms with Crippen molar-refractivity contribution in [1.82, 2.24) is 0 Å². The number of hydrogen-bond donors (Lipinski definition) is 1. The highest BCUT2D eigenvalue weighted by molar-refractivity contribution is 5.93. The van der Waals surface area contributed by atoms with Crippen molar-refractivity contribution in [2.24, 2.45) is 5.73 Å². The van der Waals surface area contributed by atoms with Crippen LogP contribution in [0.15, 0.2) is 42.5 Å². The van der Waals surface area contributed by atoms with Gasteiger partial charge >= 0.3 is 0 Å². The molecule has 0 saturated carbocycles. The molecule has 0 unspecified atom stereocenters. The van der Waals surface area contributed by atoms with Gasteiger partial charge in [0.2, 0.25) is 0 Å². The SMILES string of the molecule is NC(=O)c1c(F)ccc(OCCCCOc2ccccc2)c1F. The molecule has 23 heavy (non-hydrogen) atoms. The molecule has 1 amide bonds. The average molecular weight is 321 g/mol. The number of rotatable bonds is 8. The number of primary amides is 1. The third kappa shape index (κ3) is 4.67. The Morgan fingerprint density at radius 3 is 2.26 bits per heavy atom. The molecule has 2 rings (SSSR count). The predicted molar refractivity (Wildman–Crippen MR) is 81.5 cm³/mol. The number of unbranched alkanes of at least 4 members (excludes halogenated alkanes) is 1. The maximum atomic E-state index is 13.9. The quantitative estimate of drug-likeness (QED) is 0.759. The smallest absolute Gasteiger partial charge is 0.254 e. The Kier molecular flexibility index (Phi) is 5.91. The summed E-state index contributed by atoms with van der Waals surface area (Å²) in [5, 5.41) is 0. The highest BCUT2D eigenvalue weighted by Crippen LogP contribution is 2.23. The van der Waals surface area contributed by atoms with E-state index in [0.29, 0.717) is 19.4 Å². The van der Waals surface area contributed by atoms with Crippen LogP contribution < -0.4 is 15.2 Å². The molecular weight excluding hydrogens is 304 g/mol. The standard InChI is InChI=1S/C17H17F2NO3/c18-13-8-9-14(16(19)15(13)17(20)21)23-11-5-4-10-22-12-6-2-1-3-7-12/h1-3,6-9H,4-5,10-11H2,(H2,20,21). The number of amides is 1. The van der Waals surface area contributed by atoms with E-state index in [1.807, 2.05) is 30.3 Å². The predicted octanol–water partition coefficient (Wildman–Crippen LogP) is 3.30. The molecule has 0 radical (unpaired) electrons. The van der Waals surface area contributed by atoms with Gasteiger partial charge in [0, 0.05) is 0 Å². The van der Waals surface area contributed by atoms with E-state index in [1.165, 1.54) is 0 Å². The number of halogens is 2. The zero-order valence-corrected chi connectivity index (χ0v) is 12.4. The lowest BCUT2D eigenvalue weighted by molar-refractivity contribution is 0.0991. The van der Waals surface area contributed by atoms with Gasteiger partial charge < -0.3 is 15.2 Å². The summed E-state index contributed by atoms with van der Waals surface area (Å²) >= 11 is 0. The van der Waals surface area contributed by atoms with Gasteiger partial charge in [-0.25, -0.2) is 8.78 Å². The van der Waals surface area contributed by atoms with Crippen LogP contribution in [0.4, 0.5) is 8.78 Å². The van der Waals surface area contributed by atoms with E-state index in [9.17, 15) is 13.6 Å². The molecule has 2 aromatic carbocycles. The summed E-state index contributed by atoms with van der Waals surface area (Å²) in [4.78, 5) is 11.0. The summed E-state index contributed by atoms with van der Waals surface area (Å²) in [6.07, 6.45) is 1.33. The van der Waals surface area contributed by atoms with Gasteiger partial charge in [0.15, 0.2) is 11.6 Å². The van der Waals surface area contributed by atoms with Crippen molar-refractivity contribution in [3.8, 4) is 11.5 Å². The third-order valence-corrected chi connectivity index (χ3v) is 3.11. The van der Waals surface area contributed by atoms with Crippen molar-refractivity contribution in [3.63, 3.8) is 0 Å². The maximum absolute atomic E-state index is 13.9. The van der Waals surface area contributed by atoms with E-state index < -0.39 is 23.1 Å². The van der Waals surface area contributed by atoms with Gasteiger partial charge in [-0.2, -0.15) is 0 Å². The molecule has 0 heterocycles. The highest BCUT2D eigenvalue weighted by Gasteiger charge is 2.18. The second kappa shape index (κ2) is 8.12. The molecule has 0 spiro atoms. The number of benzene rings is 2. The van der Waals surface area contributed by atoms with Crippen molar-refractivity contribution >= 4 is 5.91 Å². The first-order valence-corrected chi connectivity index (χ1v) is 7.18. The van der Waals surface area contributed by atoms with E-state index in [1.54, 1.807) is 0 Å². The topological polar surface area (TPSA) is 61.6 Å². The minimum Gasteiger partial charge on any atom is -0.494 e. The van der Waals surface area contributed by atoms with Crippen LogP contribution in [0.5, 0.6) is 11.5 Å². The zero-order valence-electron chi connectivity index (χ0n) is 12.4. The van der Waals surface area contributed by atoms with Gasteiger partial charge in [-0.15, -0.1) is 0 Å². The molecule has 2 aromatic rings. The van der Waals surface area contributed by atoms with Gasteiger partial charge in [-0.1, -0.05) is 18.2 Å². The maximum Gasteiger partial charge on any atom is 0.254 e. The monoisotopic (exact) mass is 321 g/mol. The van der Waals surface area contributed by atoms with Crippen molar-refractivity contribution in [2.45, 2.75) is 12.8 Å². The molecule has 0 fully saturated rings. The van der Waals surface area contributed by atoms with Crippen LogP contribution in [0.3, 0.4) is 0 Å². The van der Waals surface area contributed by atoms with Gasteiger partial charge in [0.1, 0.15) is 17.1 Å². The number of para-hydroxylation sites is 1. The minimum atomic E-state index is -1.17. The molecule has 0 aliphatic heterocycles. The van der Waals surface area contributed by atoms with E-state index >= 15 is 0 Å². The Hall–Kier alpha value is -2.63. The first kappa shape index (κ1) is 16.7. The first-order chi connectivity index (χ1) is 11.1. The Balaban J connectivity index is 1.76. The van der Waals surface area contributed by atoms with Gasteiger partial charge in [0.25, 0.3) is 5.91 Å². The number of ether oxygens (including phenoxy) is 2. The Morgan fingerprint density at radius 2 is 1.61 bits per heavy atom. The highest BCUT2D eigenvalue weighted by atomic mass is 19.1. The molecule has 0 aromatic heterocycles. The summed E-state index contributed by atoms with van der Waals surface area (Å²) in [6, 6.07) is 11.5. The Labute approximate surface area is 132 Å². The van der Waals surface area contributed by atoms with Gasteiger partial charge in [-0.3, -0.25) is 4.79 Å². The lowest BCUT2D eigenvalue weighted by Gasteiger charge is -2.10.